The summed E-state index contributed by atoms with van der Waals surface area (Å²) in [4.78, 5) is 69.0. The lowest BCUT2D eigenvalue weighted by Gasteiger charge is -2.35. The van der Waals surface area contributed by atoms with Crippen molar-refractivity contribution in [1.82, 2.24) is 34.9 Å². The van der Waals surface area contributed by atoms with E-state index in [0.717, 1.165) is 102 Å². The number of nitrogens with one attached hydrogen (secondary N) is 3. The van der Waals surface area contributed by atoms with Crippen molar-refractivity contribution in [2.45, 2.75) is 31.7 Å². The van der Waals surface area contributed by atoms with Crippen LogP contribution in [-0.4, -0.2) is 125 Å². The number of aromatic nitrogens is 4. The van der Waals surface area contributed by atoms with Crippen LogP contribution in [0.15, 0.2) is 102 Å². The SMILES string of the molecule is COc1cc(N2CC3CN(CC4CCN(c5ccc6c(c5)C(=O)N(C5CCC(=O)NC5=O)C6=O)CC4)CC3C2)c(-c2cnn(C)c2)cc1Nc1ncc(Br)c(Nc2ccc(-c3ccccc3)cc2P(C)(C)=O)n1. The van der Waals surface area contributed by atoms with Gasteiger partial charge in [0.2, 0.25) is 17.8 Å². The van der Waals surface area contributed by atoms with Crippen molar-refractivity contribution in [2.75, 3.05) is 86.7 Å². The van der Waals surface area contributed by atoms with Gasteiger partial charge in [0.1, 0.15) is 24.8 Å². The molecule has 19 heteroatoms. The number of carbonyl (C=O) groups is 4. The van der Waals surface area contributed by atoms with Gasteiger partial charge in [-0.15, -0.1) is 0 Å². The van der Waals surface area contributed by atoms with E-state index in [9.17, 15) is 23.7 Å². The highest BCUT2D eigenvalue weighted by Gasteiger charge is 2.45. The quantitative estimate of drug-likeness (QED) is 0.0753. The first kappa shape index (κ1) is 48.4. The smallest absolute Gasteiger partial charge is 0.262 e. The lowest BCUT2D eigenvalue weighted by Crippen LogP contribution is -2.54. The van der Waals surface area contributed by atoms with Crippen molar-refractivity contribution in [3.05, 3.63) is 113 Å². The molecule has 3 unspecified atom stereocenters. The number of carbonyl (C=O) groups excluding carboxylic acids is 4. The highest BCUT2D eigenvalue weighted by molar-refractivity contribution is 9.10. The molecule has 3 N–H and O–H groups in total. The zero-order chi connectivity index (χ0) is 50.7. The van der Waals surface area contributed by atoms with Gasteiger partial charge in [0.05, 0.1) is 40.3 Å². The van der Waals surface area contributed by atoms with Gasteiger partial charge in [-0.25, -0.2) is 4.98 Å². The third kappa shape index (κ3) is 9.63. The van der Waals surface area contributed by atoms with Crippen LogP contribution in [0, 0.1) is 17.8 Å². The number of amides is 4. The number of aryl methyl sites for hydroxylation is 1. The normalized spacial score (nSPS) is 20.4. The molecule has 4 amide bonds. The fourth-order valence-corrected chi connectivity index (χ4v) is 12.8. The van der Waals surface area contributed by atoms with Gasteiger partial charge in [-0.1, -0.05) is 36.4 Å². The standard InChI is InChI=1S/C54H57BrN11O6P/c1-62-27-35(24-57-62)40-22-44(59-54-56-25-42(55)50(61-54)58-43-13-10-34(20-48(43)73(3,4)71)33-8-6-5-7-9-33)47(72-2)23-46(40)65-30-36-28-63(29-37(36)31-65)26-32-16-18-64(19-17-32)38-11-12-39-41(21-38)53(70)66(52(39)69)45-14-15-49(67)60-51(45)68/h5-13,20-25,27,32,36-37,45H,14-19,26,28-31H2,1-4H3,(H,60,67,68)(H2,56,58,59,61). The van der Waals surface area contributed by atoms with E-state index in [4.69, 9.17) is 9.72 Å². The Labute approximate surface area is 432 Å². The average Bonchev–Trinajstić information content (AvgIpc) is 4.15. The first-order valence-corrected chi connectivity index (χ1v) is 28.2. The van der Waals surface area contributed by atoms with E-state index >= 15 is 0 Å². The molecule has 2 aromatic heterocycles. The molecule has 5 aliphatic rings. The van der Waals surface area contributed by atoms with Crippen LogP contribution in [0.1, 0.15) is 46.4 Å². The van der Waals surface area contributed by atoms with Gasteiger partial charge in [0, 0.05) is 106 Å². The van der Waals surface area contributed by atoms with E-state index in [0.29, 0.717) is 62.2 Å². The highest BCUT2D eigenvalue weighted by atomic mass is 79.9. The fourth-order valence-electron chi connectivity index (χ4n) is 11.4. The molecular formula is C54H57BrN11O6P. The Morgan fingerprint density at radius 1 is 0.781 bits per heavy atom. The van der Waals surface area contributed by atoms with Gasteiger partial charge < -0.3 is 34.6 Å². The Morgan fingerprint density at radius 3 is 2.23 bits per heavy atom. The maximum atomic E-state index is 13.7. The second kappa shape index (κ2) is 19.5. The summed E-state index contributed by atoms with van der Waals surface area (Å²) in [6.07, 6.45) is 7.87. The summed E-state index contributed by atoms with van der Waals surface area (Å²) in [5.74, 6) is 1.14. The molecule has 5 aliphatic heterocycles. The summed E-state index contributed by atoms with van der Waals surface area (Å²) in [5.41, 5.74) is 8.03. The molecule has 4 saturated heterocycles. The van der Waals surface area contributed by atoms with Gasteiger partial charge in [0.15, 0.2) is 0 Å². The number of anilines is 6. The van der Waals surface area contributed by atoms with Crippen LogP contribution in [0.25, 0.3) is 22.3 Å². The number of ether oxygens (including phenoxy) is 1. The second-order valence-corrected chi connectivity index (χ2v) is 24.4. The van der Waals surface area contributed by atoms with Gasteiger partial charge in [-0.05, 0) is 114 Å². The molecule has 0 radical (unpaired) electrons. The first-order valence-electron chi connectivity index (χ1n) is 24.8. The van der Waals surface area contributed by atoms with E-state index in [2.05, 4.69) is 68.8 Å². The summed E-state index contributed by atoms with van der Waals surface area (Å²) in [6.45, 7) is 10.2. The topological polar surface area (TPSA) is 187 Å². The van der Waals surface area contributed by atoms with Crippen molar-refractivity contribution >= 4 is 86.5 Å². The first-order chi connectivity index (χ1) is 35.2. The molecule has 0 aliphatic carbocycles. The summed E-state index contributed by atoms with van der Waals surface area (Å²) in [6, 6.07) is 24.6. The van der Waals surface area contributed by atoms with Crippen molar-refractivity contribution in [3.63, 3.8) is 0 Å². The maximum absolute atomic E-state index is 13.7. The molecule has 4 aromatic carbocycles. The number of hydrogen-bond donors (Lipinski definition) is 3. The van der Waals surface area contributed by atoms with Crippen molar-refractivity contribution in [2.24, 2.45) is 24.8 Å². The van der Waals surface area contributed by atoms with Crippen molar-refractivity contribution < 1.29 is 28.5 Å². The van der Waals surface area contributed by atoms with Crippen LogP contribution in [0.2, 0.25) is 0 Å². The lowest BCUT2D eigenvalue weighted by molar-refractivity contribution is -0.136. The number of benzene rings is 4. The lowest BCUT2D eigenvalue weighted by atomic mass is 9.95. The molecule has 3 atom stereocenters. The molecule has 11 rings (SSSR count). The van der Waals surface area contributed by atoms with Crippen LogP contribution >= 0.6 is 23.1 Å². The zero-order valence-corrected chi connectivity index (χ0v) is 43.7. The minimum absolute atomic E-state index is 0.0882. The molecular weight excluding hydrogens is 1010 g/mol. The van der Waals surface area contributed by atoms with Crippen LogP contribution in [0.4, 0.5) is 34.5 Å². The van der Waals surface area contributed by atoms with Crippen molar-refractivity contribution in [1.29, 1.82) is 0 Å². The summed E-state index contributed by atoms with van der Waals surface area (Å²) < 4.78 is 22.2. The summed E-state index contributed by atoms with van der Waals surface area (Å²) in [5, 5.41) is 14.4. The van der Waals surface area contributed by atoms with Crippen LogP contribution < -0.4 is 35.8 Å². The molecule has 0 spiro atoms. The van der Waals surface area contributed by atoms with Crippen LogP contribution in [0.5, 0.6) is 5.75 Å². The number of piperidine rings is 2. The monoisotopic (exact) mass is 1070 g/mol. The highest BCUT2D eigenvalue weighted by Crippen LogP contribution is 2.45. The fraction of sp³-hybridized carbons (Fsp3) is 0.352. The van der Waals surface area contributed by atoms with Crippen LogP contribution in [-0.2, 0) is 21.2 Å². The second-order valence-electron chi connectivity index (χ2n) is 20.3. The molecule has 6 aromatic rings. The minimum Gasteiger partial charge on any atom is -0.494 e. The Bertz CT molecular complexity index is 3210. The number of likely N-dealkylation sites (tertiary alicyclic amines) is 1. The summed E-state index contributed by atoms with van der Waals surface area (Å²) in [7, 11) is 0.879. The van der Waals surface area contributed by atoms with E-state index in [-0.39, 0.29) is 12.8 Å². The number of rotatable bonds is 13. The number of fused-ring (bicyclic) bond motifs is 2. The number of imide groups is 2. The number of halogens is 1. The largest absolute Gasteiger partial charge is 0.494 e. The predicted molar refractivity (Wildman–Crippen MR) is 286 cm³/mol. The molecule has 0 bridgehead atoms. The van der Waals surface area contributed by atoms with Crippen LogP contribution in [0.3, 0.4) is 0 Å². The minimum atomic E-state index is -2.71. The zero-order valence-electron chi connectivity index (χ0n) is 41.2. The Hall–Kier alpha value is -6.88. The van der Waals surface area contributed by atoms with Gasteiger partial charge in [-0.2, -0.15) is 10.1 Å². The summed E-state index contributed by atoms with van der Waals surface area (Å²) >= 11 is 3.64. The van der Waals surface area contributed by atoms with Gasteiger partial charge in [-0.3, -0.25) is 34.1 Å². The molecule has 17 nitrogen and oxygen atoms in total. The van der Waals surface area contributed by atoms with E-state index in [1.54, 1.807) is 38.8 Å². The Balaban J connectivity index is 0.744. The Morgan fingerprint density at radius 2 is 1.53 bits per heavy atom. The van der Waals surface area contributed by atoms with E-state index in [1.165, 1.54) is 0 Å². The molecule has 7 heterocycles. The molecule has 4 fully saturated rings. The van der Waals surface area contributed by atoms with E-state index < -0.39 is 36.8 Å². The number of methoxy groups -OCH3 is 1. The Kier molecular flexibility index (Phi) is 12.9. The van der Waals surface area contributed by atoms with E-state index in [1.807, 2.05) is 78.7 Å². The number of hydrogen-bond acceptors (Lipinski definition) is 14. The number of nitrogens with zero attached hydrogens (tertiary/aromatic N) is 8. The van der Waals surface area contributed by atoms with Crippen molar-refractivity contribution in [3.8, 4) is 28.0 Å². The van der Waals surface area contributed by atoms with Gasteiger partial charge >= 0.3 is 0 Å². The average molecular weight is 1070 g/mol. The maximum Gasteiger partial charge on any atom is 0.262 e. The molecule has 0 saturated carbocycles. The predicted octanol–water partition coefficient (Wildman–Crippen LogP) is 7.74. The van der Waals surface area contributed by atoms with Gasteiger partial charge in [0.25, 0.3) is 11.8 Å². The molecule has 376 valence electrons. The molecule has 73 heavy (non-hydrogen) atoms. The third-order valence-corrected chi connectivity index (χ3v) is 17.2. The third-order valence-electron chi connectivity index (χ3n) is 15.1.